The predicted octanol–water partition coefficient (Wildman–Crippen LogP) is 2.74. The molecule has 7 heteroatoms. The molecule has 0 fully saturated rings. The van der Waals surface area contributed by atoms with E-state index in [1.54, 1.807) is 36.8 Å². The van der Waals surface area contributed by atoms with Crippen molar-refractivity contribution in [3.05, 3.63) is 60.2 Å². The van der Waals surface area contributed by atoms with Crippen LogP contribution in [0.2, 0.25) is 0 Å². The van der Waals surface area contributed by atoms with Crippen LogP contribution in [0.4, 0.5) is 20.4 Å². The SMILES string of the molecule is N/C(=C\Nc1cccc(C(F)F)c1)CNc1ncccn1. The summed E-state index contributed by atoms with van der Waals surface area (Å²) in [4.78, 5) is 7.98. The van der Waals surface area contributed by atoms with E-state index >= 15 is 0 Å². The van der Waals surface area contributed by atoms with Crippen molar-refractivity contribution in [1.82, 2.24) is 9.97 Å². The van der Waals surface area contributed by atoms with Gasteiger partial charge in [0.1, 0.15) is 0 Å². The van der Waals surface area contributed by atoms with Crippen LogP contribution in [0.25, 0.3) is 0 Å². The molecule has 0 aliphatic rings. The largest absolute Gasteiger partial charge is 0.399 e. The first kappa shape index (κ1) is 14.7. The second-order valence-electron chi connectivity index (χ2n) is 4.22. The summed E-state index contributed by atoms with van der Waals surface area (Å²) in [6, 6.07) is 7.70. The molecule has 1 aromatic carbocycles. The number of nitrogens with two attached hydrogens (primary N) is 1. The second-order valence-corrected chi connectivity index (χ2v) is 4.22. The van der Waals surface area contributed by atoms with Crippen molar-refractivity contribution in [2.45, 2.75) is 6.43 Å². The molecule has 0 saturated carbocycles. The fraction of sp³-hybridized carbons (Fsp3) is 0.143. The Balaban J connectivity index is 1.89. The van der Waals surface area contributed by atoms with Gasteiger partial charge in [-0.3, -0.25) is 0 Å². The molecule has 0 radical (unpaired) electrons. The van der Waals surface area contributed by atoms with E-state index in [4.69, 9.17) is 5.73 Å². The van der Waals surface area contributed by atoms with Crippen LogP contribution in [0.15, 0.2) is 54.6 Å². The third kappa shape index (κ3) is 4.72. The van der Waals surface area contributed by atoms with Gasteiger partial charge in [0.05, 0.1) is 6.54 Å². The molecule has 0 saturated heterocycles. The molecule has 1 heterocycles. The summed E-state index contributed by atoms with van der Waals surface area (Å²) in [7, 11) is 0. The number of anilines is 2. The maximum Gasteiger partial charge on any atom is 0.263 e. The lowest BCUT2D eigenvalue weighted by Crippen LogP contribution is -2.14. The fourth-order valence-corrected chi connectivity index (χ4v) is 1.56. The van der Waals surface area contributed by atoms with E-state index in [1.807, 2.05) is 0 Å². The van der Waals surface area contributed by atoms with Crippen molar-refractivity contribution in [1.29, 1.82) is 0 Å². The Bertz CT molecular complexity index is 601. The van der Waals surface area contributed by atoms with Crippen molar-refractivity contribution in [3.8, 4) is 0 Å². The van der Waals surface area contributed by atoms with E-state index in [2.05, 4.69) is 20.6 Å². The maximum absolute atomic E-state index is 12.6. The number of hydrogen-bond donors (Lipinski definition) is 3. The molecule has 2 rings (SSSR count). The van der Waals surface area contributed by atoms with E-state index in [9.17, 15) is 8.78 Å². The van der Waals surface area contributed by atoms with Gasteiger partial charge >= 0.3 is 0 Å². The Hall–Kier alpha value is -2.70. The molecule has 0 spiro atoms. The van der Waals surface area contributed by atoms with Crippen LogP contribution in [0.5, 0.6) is 0 Å². The highest BCUT2D eigenvalue weighted by atomic mass is 19.3. The molecular formula is C14H15F2N5. The van der Waals surface area contributed by atoms with Gasteiger partial charge in [-0.15, -0.1) is 0 Å². The average molecular weight is 291 g/mol. The first-order chi connectivity index (χ1) is 10.1. The molecule has 0 unspecified atom stereocenters. The molecular weight excluding hydrogens is 276 g/mol. The van der Waals surface area contributed by atoms with Crippen molar-refractivity contribution >= 4 is 11.6 Å². The van der Waals surface area contributed by atoms with Gasteiger partial charge in [-0.2, -0.15) is 0 Å². The normalized spacial score (nSPS) is 11.5. The summed E-state index contributed by atoms with van der Waals surface area (Å²) in [5, 5.41) is 5.81. The van der Waals surface area contributed by atoms with Crippen LogP contribution in [0.3, 0.4) is 0 Å². The zero-order chi connectivity index (χ0) is 15.1. The maximum atomic E-state index is 12.6. The smallest absolute Gasteiger partial charge is 0.263 e. The van der Waals surface area contributed by atoms with Gasteiger partial charge < -0.3 is 16.4 Å². The number of benzene rings is 1. The molecule has 5 nitrogen and oxygen atoms in total. The Morgan fingerprint density at radius 3 is 2.71 bits per heavy atom. The third-order valence-electron chi connectivity index (χ3n) is 2.58. The molecule has 2 aromatic rings. The quantitative estimate of drug-likeness (QED) is 0.763. The van der Waals surface area contributed by atoms with Crippen molar-refractivity contribution in [3.63, 3.8) is 0 Å². The minimum Gasteiger partial charge on any atom is -0.399 e. The molecule has 0 aliphatic carbocycles. The van der Waals surface area contributed by atoms with Crippen molar-refractivity contribution in [2.75, 3.05) is 17.2 Å². The highest BCUT2D eigenvalue weighted by molar-refractivity contribution is 5.48. The van der Waals surface area contributed by atoms with Crippen LogP contribution in [-0.2, 0) is 0 Å². The van der Waals surface area contributed by atoms with Gasteiger partial charge in [0, 0.05) is 35.5 Å². The second kappa shape index (κ2) is 7.18. The molecule has 4 N–H and O–H groups in total. The molecule has 0 bridgehead atoms. The number of halogens is 2. The third-order valence-corrected chi connectivity index (χ3v) is 2.58. The molecule has 0 atom stereocenters. The van der Waals surface area contributed by atoms with E-state index < -0.39 is 6.43 Å². The van der Waals surface area contributed by atoms with Crippen molar-refractivity contribution < 1.29 is 8.78 Å². The number of hydrogen-bond acceptors (Lipinski definition) is 5. The minimum absolute atomic E-state index is 0.0391. The summed E-state index contributed by atoms with van der Waals surface area (Å²) in [6.07, 6.45) is 2.28. The van der Waals surface area contributed by atoms with E-state index in [1.165, 1.54) is 12.1 Å². The van der Waals surface area contributed by atoms with Gasteiger partial charge in [-0.25, -0.2) is 18.7 Å². The first-order valence-electron chi connectivity index (χ1n) is 6.25. The summed E-state index contributed by atoms with van der Waals surface area (Å²) in [5.41, 5.74) is 6.80. The summed E-state index contributed by atoms with van der Waals surface area (Å²) in [5.74, 6) is 0.466. The van der Waals surface area contributed by atoms with E-state index in [0.717, 1.165) is 0 Å². The van der Waals surface area contributed by atoms with Crippen LogP contribution >= 0.6 is 0 Å². The number of aromatic nitrogens is 2. The van der Waals surface area contributed by atoms with E-state index in [-0.39, 0.29) is 5.56 Å². The molecule has 110 valence electrons. The average Bonchev–Trinajstić information content (AvgIpc) is 2.52. The number of alkyl halides is 2. The Morgan fingerprint density at radius 1 is 1.24 bits per heavy atom. The Labute approximate surface area is 120 Å². The Morgan fingerprint density at radius 2 is 2.00 bits per heavy atom. The zero-order valence-electron chi connectivity index (χ0n) is 11.1. The van der Waals surface area contributed by atoms with Crippen molar-refractivity contribution in [2.24, 2.45) is 5.73 Å². The van der Waals surface area contributed by atoms with Crippen LogP contribution < -0.4 is 16.4 Å². The van der Waals surface area contributed by atoms with Gasteiger partial charge in [0.25, 0.3) is 6.43 Å². The number of nitrogens with zero attached hydrogens (tertiary/aromatic N) is 2. The zero-order valence-corrected chi connectivity index (χ0v) is 11.1. The summed E-state index contributed by atoms with van der Waals surface area (Å²) >= 11 is 0. The van der Waals surface area contributed by atoms with Gasteiger partial charge in [-0.1, -0.05) is 12.1 Å². The Kier molecular flexibility index (Phi) is 5.03. The van der Waals surface area contributed by atoms with Crippen LogP contribution in [-0.4, -0.2) is 16.5 Å². The van der Waals surface area contributed by atoms with Gasteiger partial charge in [0.2, 0.25) is 5.95 Å². The summed E-state index contributed by atoms with van der Waals surface area (Å²) in [6.45, 7) is 0.339. The molecule has 21 heavy (non-hydrogen) atoms. The molecule has 0 amide bonds. The lowest BCUT2D eigenvalue weighted by atomic mass is 10.2. The monoisotopic (exact) mass is 291 g/mol. The standard InChI is InChI=1S/C14H15F2N5/c15-13(16)10-3-1-4-12(7-10)20-8-11(17)9-21-14-18-5-2-6-19-14/h1-8,13,20H,9,17H2,(H,18,19,21)/b11-8-. The van der Waals surface area contributed by atoms with Crippen LogP contribution in [0, 0.1) is 0 Å². The molecule has 1 aromatic heterocycles. The van der Waals surface area contributed by atoms with Gasteiger partial charge in [-0.05, 0) is 18.2 Å². The highest BCUT2D eigenvalue weighted by Gasteiger charge is 2.06. The van der Waals surface area contributed by atoms with Crippen LogP contribution in [0.1, 0.15) is 12.0 Å². The highest BCUT2D eigenvalue weighted by Crippen LogP contribution is 2.21. The fourth-order valence-electron chi connectivity index (χ4n) is 1.56. The lowest BCUT2D eigenvalue weighted by molar-refractivity contribution is 0.151. The summed E-state index contributed by atoms with van der Waals surface area (Å²) < 4.78 is 25.1. The first-order valence-corrected chi connectivity index (χ1v) is 6.25. The topological polar surface area (TPSA) is 75.9 Å². The lowest BCUT2D eigenvalue weighted by Gasteiger charge is -2.07. The predicted molar refractivity (Wildman–Crippen MR) is 77.8 cm³/mol. The number of nitrogens with one attached hydrogen (secondary N) is 2. The molecule has 0 aliphatic heterocycles. The minimum atomic E-state index is -2.50. The van der Waals surface area contributed by atoms with E-state index in [0.29, 0.717) is 23.9 Å². The number of rotatable bonds is 6. The van der Waals surface area contributed by atoms with Gasteiger partial charge in [0.15, 0.2) is 0 Å².